The van der Waals surface area contributed by atoms with Crippen LogP contribution < -0.4 is 10.6 Å². The van der Waals surface area contributed by atoms with Gasteiger partial charge in [0.15, 0.2) is 0 Å². The number of halogens is 2. The normalized spacial score (nSPS) is 17.0. The molecule has 23 heavy (non-hydrogen) atoms. The van der Waals surface area contributed by atoms with Gasteiger partial charge in [-0.05, 0) is 55.3 Å². The quantitative estimate of drug-likeness (QED) is 0.828. The summed E-state index contributed by atoms with van der Waals surface area (Å²) in [5.41, 5.74) is 2.37. The van der Waals surface area contributed by atoms with Crippen molar-refractivity contribution in [2.45, 2.75) is 18.9 Å². The summed E-state index contributed by atoms with van der Waals surface area (Å²) in [6.07, 6.45) is 1.38. The number of carbonyl (C=O) groups excluding carboxylic acids is 1. The highest BCUT2D eigenvalue weighted by Gasteiger charge is 2.23. The summed E-state index contributed by atoms with van der Waals surface area (Å²) >= 11 is 12.0. The summed E-state index contributed by atoms with van der Waals surface area (Å²) in [7, 11) is 0. The van der Waals surface area contributed by atoms with Crippen molar-refractivity contribution in [3.8, 4) is 0 Å². The lowest BCUT2D eigenvalue weighted by molar-refractivity contribution is -0.124. The maximum atomic E-state index is 12.0. The minimum absolute atomic E-state index is 0.0936. The van der Waals surface area contributed by atoms with Crippen LogP contribution in [0.5, 0.6) is 0 Å². The maximum absolute atomic E-state index is 12.0. The van der Waals surface area contributed by atoms with Gasteiger partial charge in [0, 0.05) is 23.0 Å². The Balaban J connectivity index is 1.63. The molecular formula is C17H16Cl2N2O2. The third-order valence-corrected chi connectivity index (χ3v) is 4.13. The van der Waals surface area contributed by atoms with Gasteiger partial charge in [0.05, 0.1) is 10.7 Å². The fraction of sp³-hybridized carbons (Fsp3) is 0.235. The summed E-state index contributed by atoms with van der Waals surface area (Å²) in [6, 6.07) is 12.7. The van der Waals surface area contributed by atoms with Crippen molar-refractivity contribution in [3.63, 3.8) is 0 Å². The van der Waals surface area contributed by atoms with Crippen molar-refractivity contribution >= 4 is 46.2 Å². The molecule has 1 atom stereocenters. The molecule has 1 saturated heterocycles. The standard InChI is InChI=1S/C17H16Cl2N2O2/c18-11-3-8-15(14(19)10-11)20-12-4-6-13(7-5-12)21-17(22)16-2-1-9-23-16/h3-8,10,16,20H,1-2,9H2,(H,21,22). The molecule has 1 unspecified atom stereocenters. The van der Waals surface area contributed by atoms with E-state index in [-0.39, 0.29) is 12.0 Å². The van der Waals surface area contributed by atoms with E-state index < -0.39 is 0 Å². The first kappa shape index (κ1) is 16.1. The molecule has 0 aliphatic carbocycles. The Morgan fingerprint density at radius 2 is 1.83 bits per heavy atom. The van der Waals surface area contributed by atoms with Crippen LogP contribution in [0.4, 0.5) is 17.1 Å². The van der Waals surface area contributed by atoms with Gasteiger partial charge in [-0.2, -0.15) is 0 Å². The molecule has 1 aliphatic heterocycles. The van der Waals surface area contributed by atoms with Gasteiger partial charge < -0.3 is 15.4 Å². The molecular weight excluding hydrogens is 335 g/mol. The lowest BCUT2D eigenvalue weighted by atomic mass is 10.2. The van der Waals surface area contributed by atoms with E-state index in [2.05, 4.69) is 10.6 Å². The lowest BCUT2D eigenvalue weighted by Crippen LogP contribution is -2.26. The van der Waals surface area contributed by atoms with Gasteiger partial charge in [-0.1, -0.05) is 23.2 Å². The topological polar surface area (TPSA) is 50.4 Å². The number of anilines is 3. The first-order chi connectivity index (χ1) is 11.1. The summed E-state index contributed by atoms with van der Waals surface area (Å²) in [5.74, 6) is -0.0936. The fourth-order valence-electron chi connectivity index (χ4n) is 2.39. The molecule has 2 N–H and O–H groups in total. The Morgan fingerprint density at radius 1 is 1.09 bits per heavy atom. The average Bonchev–Trinajstić information content (AvgIpc) is 3.06. The number of benzene rings is 2. The molecule has 0 spiro atoms. The molecule has 1 fully saturated rings. The van der Waals surface area contributed by atoms with E-state index in [9.17, 15) is 4.79 Å². The van der Waals surface area contributed by atoms with Gasteiger partial charge in [-0.25, -0.2) is 0 Å². The van der Waals surface area contributed by atoms with Gasteiger partial charge >= 0.3 is 0 Å². The second-order valence-electron chi connectivity index (χ2n) is 5.32. The van der Waals surface area contributed by atoms with E-state index in [0.29, 0.717) is 16.7 Å². The zero-order valence-corrected chi connectivity index (χ0v) is 13.8. The first-order valence-electron chi connectivity index (χ1n) is 7.36. The van der Waals surface area contributed by atoms with E-state index in [0.717, 1.165) is 29.9 Å². The molecule has 1 heterocycles. The molecule has 1 aliphatic rings. The number of nitrogens with one attached hydrogen (secondary N) is 2. The zero-order chi connectivity index (χ0) is 16.2. The van der Waals surface area contributed by atoms with Crippen LogP contribution in [0.15, 0.2) is 42.5 Å². The Hall–Kier alpha value is -1.75. The molecule has 4 nitrogen and oxygen atoms in total. The van der Waals surface area contributed by atoms with Crippen molar-refractivity contribution < 1.29 is 9.53 Å². The van der Waals surface area contributed by atoms with E-state index in [1.807, 2.05) is 30.3 Å². The predicted molar refractivity (Wildman–Crippen MR) is 93.8 cm³/mol. The molecule has 2 aromatic rings. The Morgan fingerprint density at radius 3 is 2.48 bits per heavy atom. The van der Waals surface area contributed by atoms with Crippen LogP contribution in [0.25, 0.3) is 0 Å². The van der Waals surface area contributed by atoms with Crippen molar-refractivity contribution in [3.05, 3.63) is 52.5 Å². The highest BCUT2D eigenvalue weighted by atomic mass is 35.5. The van der Waals surface area contributed by atoms with E-state index in [1.54, 1.807) is 12.1 Å². The molecule has 2 aromatic carbocycles. The minimum Gasteiger partial charge on any atom is -0.368 e. The molecule has 120 valence electrons. The number of amides is 1. The molecule has 0 aromatic heterocycles. The van der Waals surface area contributed by atoms with Crippen LogP contribution in [0.1, 0.15) is 12.8 Å². The fourth-order valence-corrected chi connectivity index (χ4v) is 2.85. The number of carbonyl (C=O) groups is 1. The predicted octanol–water partition coefficient (Wildman–Crippen LogP) is 4.85. The Bertz CT molecular complexity index is 698. The summed E-state index contributed by atoms with van der Waals surface area (Å²) in [4.78, 5) is 12.0. The Labute approximate surface area is 144 Å². The van der Waals surface area contributed by atoms with Crippen molar-refractivity contribution in [1.29, 1.82) is 0 Å². The van der Waals surface area contributed by atoms with E-state index in [1.165, 1.54) is 0 Å². The largest absolute Gasteiger partial charge is 0.368 e. The average molecular weight is 351 g/mol. The van der Waals surface area contributed by atoms with Crippen LogP contribution in [-0.2, 0) is 9.53 Å². The summed E-state index contributed by atoms with van der Waals surface area (Å²) < 4.78 is 5.36. The third kappa shape index (κ3) is 4.16. The second-order valence-corrected chi connectivity index (χ2v) is 6.16. The van der Waals surface area contributed by atoms with Gasteiger partial charge in [0.1, 0.15) is 6.10 Å². The van der Waals surface area contributed by atoms with Crippen molar-refractivity contribution in [2.75, 3.05) is 17.2 Å². The van der Waals surface area contributed by atoms with Gasteiger partial charge in [-0.15, -0.1) is 0 Å². The number of hydrogen-bond donors (Lipinski definition) is 2. The first-order valence-corrected chi connectivity index (χ1v) is 8.12. The smallest absolute Gasteiger partial charge is 0.253 e. The van der Waals surface area contributed by atoms with E-state index >= 15 is 0 Å². The lowest BCUT2D eigenvalue weighted by Gasteiger charge is -2.12. The van der Waals surface area contributed by atoms with Gasteiger partial charge in [0.2, 0.25) is 0 Å². The number of ether oxygens (including phenoxy) is 1. The highest BCUT2D eigenvalue weighted by molar-refractivity contribution is 6.36. The maximum Gasteiger partial charge on any atom is 0.253 e. The number of hydrogen-bond acceptors (Lipinski definition) is 3. The minimum atomic E-state index is -0.333. The molecule has 0 radical (unpaired) electrons. The Kier molecular flexibility index (Phi) is 5.06. The van der Waals surface area contributed by atoms with Crippen LogP contribution >= 0.6 is 23.2 Å². The zero-order valence-electron chi connectivity index (χ0n) is 12.3. The number of rotatable bonds is 4. The van der Waals surface area contributed by atoms with Crippen LogP contribution in [-0.4, -0.2) is 18.6 Å². The van der Waals surface area contributed by atoms with Crippen LogP contribution in [0.3, 0.4) is 0 Å². The highest BCUT2D eigenvalue weighted by Crippen LogP contribution is 2.28. The third-order valence-electron chi connectivity index (χ3n) is 3.58. The molecule has 1 amide bonds. The molecule has 3 rings (SSSR count). The monoisotopic (exact) mass is 350 g/mol. The van der Waals surface area contributed by atoms with Crippen molar-refractivity contribution in [2.24, 2.45) is 0 Å². The van der Waals surface area contributed by atoms with E-state index in [4.69, 9.17) is 27.9 Å². The van der Waals surface area contributed by atoms with Crippen LogP contribution in [0.2, 0.25) is 10.0 Å². The summed E-state index contributed by atoms with van der Waals surface area (Å²) in [5, 5.41) is 7.21. The van der Waals surface area contributed by atoms with Crippen LogP contribution in [0, 0.1) is 0 Å². The summed E-state index contributed by atoms with van der Waals surface area (Å²) in [6.45, 7) is 0.656. The molecule has 6 heteroatoms. The van der Waals surface area contributed by atoms with Gasteiger partial charge in [-0.3, -0.25) is 4.79 Å². The molecule has 0 saturated carbocycles. The second kappa shape index (κ2) is 7.21. The van der Waals surface area contributed by atoms with Crippen molar-refractivity contribution in [1.82, 2.24) is 0 Å². The SMILES string of the molecule is O=C(Nc1ccc(Nc2ccc(Cl)cc2Cl)cc1)C1CCCO1. The van der Waals surface area contributed by atoms with Gasteiger partial charge in [0.25, 0.3) is 5.91 Å². The molecule has 0 bridgehead atoms.